The molecule has 1 heterocycles. The van der Waals surface area contributed by atoms with Gasteiger partial charge in [0.25, 0.3) is 0 Å². The number of rotatable bonds is 6. The topological polar surface area (TPSA) is 66.8 Å². The van der Waals surface area contributed by atoms with E-state index in [0.717, 1.165) is 13.1 Å². The molecule has 1 aliphatic rings. The second-order valence-electron chi connectivity index (χ2n) is 4.07. The molecule has 1 saturated heterocycles. The molecule has 0 radical (unpaired) electrons. The van der Waals surface area contributed by atoms with Gasteiger partial charge in [-0.25, -0.2) is 8.42 Å². The highest BCUT2D eigenvalue weighted by Crippen LogP contribution is 2.05. The molecular weight excluding hydrogens is 230 g/mol. The SMILES string of the molecule is CCS(=O)(=O)CCCN1CCOC(CO)C1. The first-order valence-corrected chi connectivity index (χ1v) is 7.54. The fraction of sp³-hybridized carbons (Fsp3) is 1.00. The quantitative estimate of drug-likeness (QED) is 0.689. The minimum atomic E-state index is -2.85. The molecule has 0 bridgehead atoms. The molecule has 0 aliphatic carbocycles. The standard InChI is InChI=1S/C10H21NO4S/c1-2-16(13,14)7-3-4-11-5-6-15-10(8-11)9-12/h10,12H,2-9H2,1H3. The van der Waals surface area contributed by atoms with E-state index in [1.165, 1.54) is 0 Å². The molecule has 1 unspecified atom stereocenters. The Bertz CT molecular complexity index is 291. The summed E-state index contributed by atoms with van der Waals surface area (Å²) < 4.78 is 27.9. The average Bonchev–Trinajstić information content (AvgIpc) is 2.29. The zero-order valence-corrected chi connectivity index (χ0v) is 10.6. The van der Waals surface area contributed by atoms with Gasteiger partial charge in [0.05, 0.1) is 25.1 Å². The third-order valence-corrected chi connectivity index (χ3v) is 4.59. The van der Waals surface area contributed by atoms with Crippen LogP contribution in [-0.2, 0) is 14.6 Å². The normalized spacial score (nSPS) is 23.5. The molecule has 0 amide bonds. The maximum absolute atomic E-state index is 11.3. The van der Waals surface area contributed by atoms with Gasteiger partial charge in [0.15, 0.2) is 0 Å². The Labute approximate surface area is 97.3 Å². The van der Waals surface area contributed by atoms with Crippen LogP contribution in [0.25, 0.3) is 0 Å². The second kappa shape index (κ2) is 6.54. The average molecular weight is 251 g/mol. The summed E-state index contributed by atoms with van der Waals surface area (Å²) >= 11 is 0. The lowest BCUT2D eigenvalue weighted by Gasteiger charge is -2.31. The number of hydrogen-bond acceptors (Lipinski definition) is 5. The second-order valence-corrected chi connectivity index (χ2v) is 6.54. The summed E-state index contributed by atoms with van der Waals surface area (Å²) in [5.41, 5.74) is 0. The Morgan fingerprint density at radius 3 is 2.88 bits per heavy atom. The molecule has 1 fully saturated rings. The smallest absolute Gasteiger partial charge is 0.150 e. The predicted octanol–water partition coefficient (Wildman–Crippen LogP) is -0.496. The highest BCUT2D eigenvalue weighted by atomic mass is 32.2. The van der Waals surface area contributed by atoms with Gasteiger partial charge in [-0.3, -0.25) is 4.90 Å². The van der Waals surface area contributed by atoms with E-state index < -0.39 is 9.84 Å². The highest BCUT2D eigenvalue weighted by Gasteiger charge is 2.19. The molecule has 5 nitrogen and oxygen atoms in total. The number of ether oxygens (including phenoxy) is 1. The maximum atomic E-state index is 11.3. The van der Waals surface area contributed by atoms with Gasteiger partial charge in [-0.2, -0.15) is 0 Å². The Morgan fingerprint density at radius 1 is 1.50 bits per heavy atom. The van der Waals surface area contributed by atoms with Gasteiger partial charge in [0.2, 0.25) is 0 Å². The molecule has 6 heteroatoms. The van der Waals surface area contributed by atoms with Crippen LogP contribution in [0.5, 0.6) is 0 Å². The Hall–Kier alpha value is -0.170. The third-order valence-electron chi connectivity index (χ3n) is 2.80. The zero-order chi connectivity index (χ0) is 12.0. The minimum absolute atomic E-state index is 0.0315. The van der Waals surface area contributed by atoms with Crippen molar-refractivity contribution < 1.29 is 18.3 Å². The predicted molar refractivity (Wildman–Crippen MR) is 62.2 cm³/mol. The molecule has 1 atom stereocenters. The third kappa shape index (κ3) is 4.78. The fourth-order valence-corrected chi connectivity index (χ4v) is 2.60. The van der Waals surface area contributed by atoms with Crippen LogP contribution in [0.3, 0.4) is 0 Å². The fourth-order valence-electron chi connectivity index (χ4n) is 1.75. The van der Waals surface area contributed by atoms with Crippen LogP contribution in [-0.4, -0.2) is 68.9 Å². The number of nitrogens with zero attached hydrogens (tertiary/aromatic N) is 1. The van der Waals surface area contributed by atoms with Crippen LogP contribution in [0, 0.1) is 0 Å². The summed E-state index contributed by atoms with van der Waals surface area (Å²) in [5.74, 6) is 0.472. The lowest BCUT2D eigenvalue weighted by Crippen LogP contribution is -2.44. The molecule has 0 aromatic carbocycles. The van der Waals surface area contributed by atoms with Gasteiger partial charge in [-0.15, -0.1) is 0 Å². The summed E-state index contributed by atoms with van der Waals surface area (Å²) in [7, 11) is -2.85. The highest BCUT2D eigenvalue weighted by molar-refractivity contribution is 7.91. The van der Waals surface area contributed by atoms with E-state index in [4.69, 9.17) is 9.84 Å². The van der Waals surface area contributed by atoms with Gasteiger partial charge in [-0.05, 0) is 13.0 Å². The molecule has 96 valence electrons. The number of aliphatic hydroxyl groups is 1. The summed E-state index contributed by atoms with van der Waals surface area (Å²) in [6.07, 6.45) is 0.547. The summed E-state index contributed by atoms with van der Waals surface area (Å²) in [4.78, 5) is 2.15. The van der Waals surface area contributed by atoms with Crippen LogP contribution in [0.15, 0.2) is 0 Å². The number of sulfone groups is 1. The summed E-state index contributed by atoms with van der Waals surface area (Å²) in [6.45, 7) is 4.60. The summed E-state index contributed by atoms with van der Waals surface area (Å²) in [5, 5.41) is 8.95. The van der Waals surface area contributed by atoms with Gasteiger partial charge >= 0.3 is 0 Å². The van der Waals surface area contributed by atoms with Crippen LogP contribution >= 0.6 is 0 Å². The van der Waals surface area contributed by atoms with Crippen molar-refractivity contribution in [3.05, 3.63) is 0 Å². The monoisotopic (exact) mass is 251 g/mol. The van der Waals surface area contributed by atoms with E-state index in [1.807, 2.05) is 0 Å². The molecule has 1 aliphatic heterocycles. The van der Waals surface area contributed by atoms with Gasteiger partial charge in [-0.1, -0.05) is 6.92 Å². The van der Waals surface area contributed by atoms with Crippen molar-refractivity contribution in [1.29, 1.82) is 0 Å². The van der Waals surface area contributed by atoms with Crippen molar-refractivity contribution in [2.45, 2.75) is 19.4 Å². The van der Waals surface area contributed by atoms with E-state index >= 15 is 0 Å². The number of aliphatic hydroxyl groups excluding tert-OH is 1. The van der Waals surface area contributed by atoms with E-state index in [9.17, 15) is 8.42 Å². The Kier molecular flexibility index (Phi) is 5.68. The van der Waals surface area contributed by atoms with Gasteiger partial charge in [0.1, 0.15) is 9.84 Å². The minimum Gasteiger partial charge on any atom is -0.394 e. The van der Waals surface area contributed by atoms with Crippen molar-refractivity contribution in [2.24, 2.45) is 0 Å². The van der Waals surface area contributed by atoms with Gasteiger partial charge < -0.3 is 9.84 Å². The van der Waals surface area contributed by atoms with Gasteiger partial charge in [0, 0.05) is 18.8 Å². The van der Waals surface area contributed by atoms with Crippen molar-refractivity contribution in [1.82, 2.24) is 4.90 Å². The van der Waals surface area contributed by atoms with Crippen LogP contribution in [0.2, 0.25) is 0 Å². The largest absolute Gasteiger partial charge is 0.394 e. The molecule has 1 rings (SSSR count). The molecule has 0 aromatic heterocycles. The Morgan fingerprint density at radius 2 is 2.25 bits per heavy atom. The first-order chi connectivity index (χ1) is 7.57. The van der Waals surface area contributed by atoms with E-state index in [1.54, 1.807) is 6.92 Å². The van der Waals surface area contributed by atoms with E-state index in [2.05, 4.69) is 4.90 Å². The molecule has 1 N–H and O–H groups in total. The number of morpholine rings is 1. The zero-order valence-electron chi connectivity index (χ0n) is 9.76. The Balaban J connectivity index is 2.22. The summed E-state index contributed by atoms with van der Waals surface area (Å²) in [6, 6.07) is 0. The first kappa shape index (κ1) is 13.9. The molecular formula is C10H21NO4S. The van der Waals surface area contributed by atoms with Crippen molar-refractivity contribution in [3.8, 4) is 0 Å². The van der Waals surface area contributed by atoms with Crippen LogP contribution in [0.1, 0.15) is 13.3 Å². The molecule has 0 spiro atoms. The lowest BCUT2D eigenvalue weighted by molar-refractivity contribution is -0.0524. The van der Waals surface area contributed by atoms with Crippen molar-refractivity contribution >= 4 is 9.84 Å². The molecule has 0 saturated carbocycles. The number of hydrogen-bond donors (Lipinski definition) is 1. The van der Waals surface area contributed by atoms with E-state index in [-0.39, 0.29) is 24.2 Å². The molecule has 16 heavy (non-hydrogen) atoms. The molecule has 0 aromatic rings. The van der Waals surface area contributed by atoms with Crippen molar-refractivity contribution in [2.75, 3.05) is 44.4 Å². The van der Waals surface area contributed by atoms with Crippen LogP contribution in [0.4, 0.5) is 0 Å². The maximum Gasteiger partial charge on any atom is 0.150 e. The van der Waals surface area contributed by atoms with Crippen LogP contribution < -0.4 is 0 Å². The lowest BCUT2D eigenvalue weighted by atomic mass is 10.2. The van der Waals surface area contributed by atoms with E-state index in [0.29, 0.717) is 19.6 Å². The first-order valence-electron chi connectivity index (χ1n) is 5.72. The van der Waals surface area contributed by atoms with Crippen molar-refractivity contribution in [3.63, 3.8) is 0 Å².